The summed E-state index contributed by atoms with van der Waals surface area (Å²) in [4.78, 5) is 11.6. The maximum atomic E-state index is 14.1. The highest BCUT2D eigenvalue weighted by molar-refractivity contribution is 5.98. The van der Waals surface area contributed by atoms with Crippen LogP contribution in [0.25, 0.3) is 0 Å². The molecule has 0 unspecified atom stereocenters. The highest BCUT2D eigenvalue weighted by Crippen LogP contribution is 2.52. The van der Waals surface area contributed by atoms with Crippen molar-refractivity contribution in [2.45, 2.75) is 24.4 Å². The molecule has 1 aliphatic carbocycles. The third-order valence-corrected chi connectivity index (χ3v) is 3.66. The molecule has 18 heavy (non-hydrogen) atoms. The number of nitrogens with one attached hydrogen (secondary N) is 1. The predicted octanol–water partition coefficient (Wildman–Crippen LogP) is 2.62. The Morgan fingerprint density at radius 2 is 1.89 bits per heavy atom. The number of hydrogen-bond donors (Lipinski definition) is 1. The van der Waals surface area contributed by atoms with E-state index >= 15 is 0 Å². The lowest BCUT2D eigenvalue weighted by Crippen LogP contribution is -2.40. The van der Waals surface area contributed by atoms with Gasteiger partial charge in [-0.2, -0.15) is 13.2 Å². The second-order valence-electron chi connectivity index (χ2n) is 4.81. The van der Waals surface area contributed by atoms with Gasteiger partial charge in [-0.05, 0) is 25.0 Å². The van der Waals surface area contributed by atoms with Gasteiger partial charge in [0.05, 0.1) is 5.56 Å². The maximum Gasteiger partial charge on any atom is 0.419 e. The Bertz CT molecular complexity index is 546. The number of amides is 1. The fraction of sp³-hybridized carbons (Fsp3) is 0.417. The largest absolute Gasteiger partial charge is 0.419 e. The Balaban J connectivity index is 2.25. The van der Waals surface area contributed by atoms with Crippen molar-refractivity contribution in [3.05, 3.63) is 34.6 Å². The summed E-state index contributed by atoms with van der Waals surface area (Å²) in [6.45, 7) is 0.219. The van der Waals surface area contributed by atoms with Gasteiger partial charge < -0.3 is 5.32 Å². The second kappa shape index (κ2) is 3.24. The van der Waals surface area contributed by atoms with Gasteiger partial charge in [0.25, 0.3) is 5.91 Å². The normalized spacial score (nSPS) is 20.6. The average Bonchev–Trinajstić information content (AvgIpc) is 3.03. The fourth-order valence-electron chi connectivity index (χ4n) is 2.51. The molecule has 3 rings (SSSR count). The van der Waals surface area contributed by atoms with E-state index in [1.165, 1.54) is 0 Å². The molecule has 1 aromatic carbocycles. The van der Waals surface area contributed by atoms with Gasteiger partial charge in [-0.1, -0.05) is 0 Å². The van der Waals surface area contributed by atoms with Crippen molar-refractivity contribution in [1.82, 2.24) is 5.32 Å². The monoisotopic (exact) mass is 259 g/mol. The van der Waals surface area contributed by atoms with E-state index in [-0.39, 0.29) is 17.7 Å². The smallest absolute Gasteiger partial charge is 0.351 e. The van der Waals surface area contributed by atoms with Gasteiger partial charge in [-0.15, -0.1) is 0 Å². The zero-order chi connectivity index (χ0) is 13.1. The molecular weight excluding hydrogens is 250 g/mol. The summed E-state index contributed by atoms with van der Waals surface area (Å²) in [5.41, 5.74) is -1.93. The van der Waals surface area contributed by atoms with Crippen molar-refractivity contribution in [1.29, 1.82) is 0 Å². The molecule has 96 valence electrons. The van der Waals surface area contributed by atoms with Crippen LogP contribution in [0.4, 0.5) is 17.6 Å². The Hall–Kier alpha value is -1.59. The van der Waals surface area contributed by atoms with E-state index in [0.717, 1.165) is 6.07 Å². The quantitative estimate of drug-likeness (QED) is 0.713. The van der Waals surface area contributed by atoms with Crippen LogP contribution in [0.2, 0.25) is 0 Å². The van der Waals surface area contributed by atoms with Gasteiger partial charge in [-0.25, -0.2) is 4.39 Å². The number of carbonyl (C=O) groups excluding carboxylic acids is 1. The zero-order valence-electron chi connectivity index (χ0n) is 9.20. The first-order valence-corrected chi connectivity index (χ1v) is 5.53. The summed E-state index contributed by atoms with van der Waals surface area (Å²) in [7, 11) is 0. The van der Waals surface area contributed by atoms with Crippen LogP contribution in [0.5, 0.6) is 0 Å². The summed E-state index contributed by atoms with van der Waals surface area (Å²) in [6.07, 6.45) is -3.51. The minimum absolute atomic E-state index is 0.0317. The number of rotatable bonds is 0. The van der Waals surface area contributed by atoms with Crippen LogP contribution in [-0.2, 0) is 11.6 Å². The van der Waals surface area contributed by atoms with Crippen molar-refractivity contribution >= 4 is 5.91 Å². The van der Waals surface area contributed by atoms with E-state index in [1.807, 2.05) is 0 Å². The molecule has 0 atom stereocenters. The molecule has 0 aromatic heterocycles. The number of hydrogen-bond acceptors (Lipinski definition) is 1. The van der Waals surface area contributed by atoms with Gasteiger partial charge in [0.1, 0.15) is 5.82 Å². The summed E-state index contributed by atoms with van der Waals surface area (Å²) >= 11 is 0. The number of fused-ring (bicyclic) bond motifs is 2. The van der Waals surface area contributed by atoms with Gasteiger partial charge in [0.15, 0.2) is 0 Å². The summed E-state index contributed by atoms with van der Waals surface area (Å²) < 4.78 is 52.0. The lowest BCUT2D eigenvalue weighted by molar-refractivity contribution is -0.140. The van der Waals surface area contributed by atoms with E-state index in [2.05, 4.69) is 5.32 Å². The number of benzene rings is 1. The van der Waals surface area contributed by atoms with Gasteiger partial charge >= 0.3 is 6.18 Å². The van der Waals surface area contributed by atoms with Crippen molar-refractivity contribution in [2.75, 3.05) is 6.54 Å². The van der Waals surface area contributed by atoms with Crippen molar-refractivity contribution < 1.29 is 22.4 Å². The van der Waals surface area contributed by atoms with Gasteiger partial charge in [-0.3, -0.25) is 4.79 Å². The average molecular weight is 259 g/mol. The molecule has 1 spiro atoms. The van der Waals surface area contributed by atoms with E-state index < -0.39 is 28.9 Å². The Labute approximate surface area is 100.0 Å². The zero-order valence-corrected chi connectivity index (χ0v) is 9.20. The Kier molecular flexibility index (Phi) is 2.07. The van der Waals surface area contributed by atoms with E-state index in [0.29, 0.717) is 18.9 Å². The van der Waals surface area contributed by atoms with Gasteiger partial charge in [0.2, 0.25) is 0 Å². The van der Waals surface area contributed by atoms with E-state index in [4.69, 9.17) is 0 Å². The standard InChI is InChI=1S/C12H9F4NO/c13-9-7(12(14,15)16)2-1-6-8(9)11(3-4-11)5-17-10(6)18/h1-2H,3-5H2,(H,17,18). The molecule has 1 N–H and O–H groups in total. The van der Waals surface area contributed by atoms with Crippen molar-refractivity contribution in [2.24, 2.45) is 0 Å². The SMILES string of the molecule is O=C1NCC2(CC2)c2c1ccc(C(F)(F)F)c2F. The van der Waals surface area contributed by atoms with Crippen LogP contribution >= 0.6 is 0 Å². The summed E-state index contributed by atoms with van der Waals surface area (Å²) in [6, 6.07) is 1.70. The number of alkyl halides is 3. The fourth-order valence-corrected chi connectivity index (χ4v) is 2.51. The molecule has 0 bridgehead atoms. The van der Waals surface area contributed by atoms with Crippen LogP contribution < -0.4 is 5.32 Å². The minimum atomic E-state index is -4.73. The highest BCUT2D eigenvalue weighted by atomic mass is 19.4. The lowest BCUT2D eigenvalue weighted by atomic mass is 9.85. The van der Waals surface area contributed by atoms with Gasteiger partial charge in [0, 0.05) is 23.1 Å². The highest BCUT2D eigenvalue weighted by Gasteiger charge is 2.52. The first-order chi connectivity index (χ1) is 8.35. The number of halogens is 4. The lowest BCUT2D eigenvalue weighted by Gasteiger charge is -2.27. The third kappa shape index (κ3) is 1.44. The molecule has 1 amide bonds. The Morgan fingerprint density at radius 1 is 1.22 bits per heavy atom. The second-order valence-corrected chi connectivity index (χ2v) is 4.81. The van der Waals surface area contributed by atoms with Crippen molar-refractivity contribution in [3.63, 3.8) is 0 Å². The molecule has 1 aromatic rings. The van der Waals surface area contributed by atoms with Crippen LogP contribution in [0, 0.1) is 5.82 Å². The molecule has 2 nitrogen and oxygen atoms in total. The summed E-state index contributed by atoms with van der Waals surface area (Å²) in [5, 5.41) is 2.59. The third-order valence-electron chi connectivity index (χ3n) is 3.66. The Morgan fingerprint density at radius 3 is 2.44 bits per heavy atom. The molecule has 6 heteroatoms. The van der Waals surface area contributed by atoms with Crippen LogP contribution in [0.1, 0.15) is 34.3 Å². The molecule has 0 radical (unpaired) electrons. The minimum Gasteiger partial charge on any atom is -0.351 e. The van der Waals surface area contributed by atoms with Crippen molar-refractivity contribution in [3.8, 4) is 0 Å². The first kappa shape index (κ1) is 11.5. The molecule has 1 fully saturated rings. The topological polar surface area (TPSA) is 29.1 Å². The van der Waals surface area contributed by atoms with Crippen LogP contribution in [-0.4, -0.2) is 12.5 Å². The van der Waals surface area contributed by atoms with Crippen LogP contribution in [0.3, 0.4) is 0 Å². The maximum absolute atomic E-state index is 14.1. The molecule has 1 saturated carbocycles. The van der Waals surface area contributed by atoms with Crippen LogP contribution in [0.15, 0.2) is 12.1 Å². The van der Waals surface area contributed by atoms with E-state index in [9.17, 15) is 22.4 Å². The molecule has 1 heterocycles. The molecule has 0 saturated heterocycles. The number of carbonyl (C=O) groups is 1. The molecule has 1 aliphatic heterocycles. The summed E-state index contributed by atoms with van der Waals surface area (Å²) in [5.74, 6) is -1.79. The molecule has 2 aliphatic rings. The first-order valence-electron chi connectivity index (χ1n) is 5.53. The predicted molar refractivity (Wildman–Crippen MR) is 54.6 cm³/mol. The molecular formula is C12H9F4NO. The van der Waals surface area contributed by atoms with E-state index in [1.54, 1.807) is 0 Å².